The minimum absolute atomic E-state index is 0.175. The quantitative estimate of drug-likeness (QED) is 0.756. The Labute approximate surface area is 127 Å². The van der Waals surface area contributed by atoms with E-state index in [-0.39, 0.29) is 16.8 Å². The van der Waals surface area contributed by atoms with Gasteiger partial charge in [-0.2, -0.15) is 0 Å². The van der Waals surface area contributed by atoms with Crippen molar-refractivity contribution in [3.05, 3.63) is 52.8 Å². The number of carbonyl (C=O) groups is 1. The highest BCUT2D eigenvalue weighted by molar-refractivity contribution is 6.32. The first-order valence-corrected chi connectivity index (χ1v) is 6.80. The van der Waals surface area contributed by atoms with Crippen LogP contribution in [0.2, 0.25) is 5.15 Å². The first-order chi connectivity index (χ1) is 9.97. The number of nitrogens with one attached hydrogen (secondary N) is 1. The van der Waals surface area contributed by atoms with Gasteiger partial charge in [0.05, 0.1) is 11.7 Å². The number of halogens is 1. The van der Waals surface area contributed by atoms with Gasteiger partial charge in [0.2, 0.25) is 5.91 Å². The van der Waals surface area contributed by atoms with Crippen LogP contribution in [-0.2, 0) is 11.2 Å². The van der Waals surface area contributed by atoms with E-state index in [0.717, 1.165) is 11.1 Å². The highest BCUT2D eigenvalue weighted by Crippen LogP contribution is 2.23. The normalized spacial score (nSPS) is 12.0. The number of anilines is 1. The van der Waals surface area contributed by atoms with Gasteiger partial charge >= 0.3 is 0 Å². The number of amides is 1. The molecule has 1 heterocycles. The highest BCUT2D eigenvalue weighted by atomic mass is 35.5. The van der Waals surface area contributed by atoms with Crippen LogP contribution in [0.4, 0.5) is 5.69 Å². The van der Waals surface area contributed by atoms with E-state index in [9.17, 15) is 9.90 Å². The number of aromatic nitrogens is 1. The summed E-state index contributed by atoms with van der Waals surface area (Å²) >= 11 is 5.96. The summed E-state index contributed by atoms with van der Waals surface area (Å²) in [6.45, 7) is 1.83. The van der Waals surface area contributed by atoms with Crippen molar-refractivity contribution in [1.82, 2.24) is 4.98 Å². The van der Waals surface area contributed by atoms with Crippen molar-refractivity contribution in [2.45, 2.75) is 19.4 Å². The van der Waals surface area contributed by atoms with Crippen LogP contribution in [0.5, 0.6) is 5.75 Å². The lowest BCUT2D eigenvalue weighted by Crippen LogP contribution is -2.37. The lowest BCUT2D eigenvalue weighted by molar-refractivity contribution is -0.117. The summed E-state index contributed by atoms with van der Waals surface area (Å²) in [5.74, 6) is -0.157. The highest BCUT2D eigenvalue weighted by Gasteiger charge is 2.17. The van der Waals surface area contributed by atoms with Gasteiger partial charge in [-0.25, -0.2) is 4.98 Å². The number of rotatable bonds is 4. The van der Waals surface area contributed by atoms with Gasteiger partial charge in [0.15, 0.2) is 5.15 Å². The van der Waals surface area contributed by atoms with Crippen LogP contribution in [-0.4, -0.2) is 22.0 Å². The van der Waals surface area contributed by atoms with Gasteiger partial charge < -0.3 is 16.2 Å². The number of aromatic hydroxyl groups is 1. The van der Waals surface area contributed by atoms with Crippen molar-refractivity contribution in [2.75, 3.05) is 5.32 Å². The molecule has 2 rings (SSSR count). The number of nitrogens with zero attached hydrogens (tertiary/aromatic N) is 1. The third-order valence-corrected chi connectivity index (χ3v) is 3.38. The second-order valence-electron chi connectivity index (χ2n) is 4.76. The molecule has 0 bridgehead atoms. The number of pyridine rings is 1. The Balaban J connectivity index is 2.04. The molecule has 1 aromatic heterocycles. The summed E-state index contributed by atoms with van der Waals surface area (Å²) in [4.78, 5) is 16.0. The molecule has 5 nitrogen and oxygen atoms in total. The maximum absolute atomic E-state index is 12.1. The number of hydrogen-bond acceptors (Lipinski definition) is 4. The molecule has 0 fully saturated rings. The SMILES string of the molecule is Cc1ccnc(Cl)c1NC(=O)[C@@H](N)Cc1ccc(O)cc1. The minimum atomic E-state index is -0.717. The fraction of sp³-hybridized carbons (Fsp3) is 0.200. The summed E-state index contributed by atoms with van der Waals surface area (Å²) in [7, 11) is 0. The smallest absolute Gasteiger partial charge is 0.241 e. The minimum Gasteiger partial charge on any atom is -0.508 e. The van der Waals surface area contributed by atoms with Crippen LogP contribution in [0.25, 0.3) is 0 Å². The van der Waals surface area contributed by atoms with Crippen molar-refractivity contribution in [1.29, 1.82) is 0 Å². The van der Waals surface area contributed by atoms with Gasteiger partial charge in [0, 0.05) is 6.20 Å². The first kappa shape index (κ1) is 15.3. The van der Waals surface area contributed by atoms with E-state index < -0.39 is 6.04 Å². The van der Waals surface area contributed by atoms with Gasteiger partial charge in [0.25, 0.3) is 0 Å². The molecule has 1 aromatic carbocycles. The molecule has 6 heteroatoms. The number of benzene rings is 1. The van der Waals surface area contributed by atoms with E-state index in [1.54, 1.807) is 36.5 Å². The zero-order chi connectivity index (χ0) is 15.4. The van der Waals surface area contributed by atoms with Crippen LogP contribution >= 0.6 is 11.6 Å². The van der Waals surface area contributed by atoms with E-state index in [0.29, 0.717) is 12.1 Å². The zero-order valence-corrected chi connectivity index (χ0v) is 12.3. The molecule has 2 aromatic rings. The second kappa shape index (κ2) is 6.56. The topological polar surface area (TPSA) is 88.2 Å². The standard InChI is InChI=1S/C15H16ClN3O2/c1-9-6-7-18-14(16)13(9)19-15(21)12(17)8-10-2-4-11(20)5-3-10/h2-7,12,20H,8,17H2,1H3,(H,19,21)/t12-/m0/s1. The fourth-order valence-corrected chi connectivity index (χ4v) is 2.12. The molecule has 0 aliphatic carbocycles. The number of phenols is 1. The molecular weight excluding hydrogens is 290 g/mol. The lowest BCUT2D eigenvalue weighted by atomic mass is 10.1. The van der Waals surface area contributed by atoms with E-state index in [2.05, 4.69) is 10.3 Å². The Morgan fingerprint density at radius 2 is 2.05 bits per heavy atom. The van der Waals surface area contributed by atoms with Gasteiger partial charge in [0.1, 0.15) is 5.75 Å². The predicted octanol–water partition coefficient (Wildman–Crippen LogP) is 2.26. The van der Waals surface area contributed by atoms with Gasteiger partial charge in [-0.15, -0.1) is 0 Å². The molecule has 1 amide bonds. The number of hydrogen-bond donors (Lipinski definition) is 3. The largest absolute Gasteiger partial charge is 0.508 e. The molecule has 0 saturated heterocycles. The Hall–Kier alpha value is -2.11. The molecule has 0 radical (unpaired) electrons. The molecule has 21 heavy (non-hydrogen) atoms. The van der Waals surface area contributed by atoms with E-state index >= 15 is 0 Å². The number of carbonyl (C=O) groups excluding carboxylic acids is 1. The molecule has 0 spiro atoms. The van der Waals surface area contributed by atoms with Crippen LogP contribution < -0.4 is 11.1 Å². The molecular formula is C15H16ClN3O2. The molecule has 0 saturated carbocycles. The van der Waals surface area contributed by atoms with E-state index in [1.807, 2.05) is 6.92 Å². The Morgan fingerprint density at radius 1 is 1.38 bits per heavy atom. The summed E-state index contributed by atoms with van der Waals surface area (Å²) in [6.07, 6.45) is 1.94. The van der Waals surface area contributed by atoms with Crippen LogP contribution in [0.3, 0.4) is 0 Å². The van der Waals surface area contributed by atoms with Crippen molar-refractivity contribution >= 4 is 23.2 Å². The van der Waals surface area contributed by atoms with Crippen molar-refractivity contribution in [2.24, 2.45) is 5.73 Å². The Kier molecular flexibility index (Phi) is 4.77. The van der Waals surface area contributed by atoms with Gasteiger partial charge in [-0.3, -0.25) is 4.79 Å². The van der Waals surface area contributed by atoms with Crippen molar-refractivity contribution in [3.63, 3.8) is 0 Å². The molecule has 0 unspecified atom stereocenters. The first-order valence-electron chi connectivity index (χ1n) is 6.43. The van der Waals surface area contributed by atoms with Crippen molar-refractivity contribution < 1.29 is 9.90 Å². The number of nitrogens with two attached hydrogens (primary N) is 1. The van der Waals surface area contributed by atoms with Crippen LogP contribution in [0, 0.1) is 6.92 Å². The molecule has 0 aliphatic heterocycles. The average Bonchev–Trinajstić information content (AvgIpc) is 2.45. The van der Waals surface area contributed by atoms with E-state index in [1.165, 1.54) is 0 Å². The molecule has 0 aliphatic rings. The third-order valence-electron chi connectivity index (χ3n) is 3.09. The number of phenolic OH excluding ortho intramolecular Hbond substituents is 1. The fourth-order valence-electron chi connectivity index (χ4n) is 1.87. The Morgan fingerprint density at radius 3 is 2.67 bits per heavy atom. The lowest BCUT2D eigenvalue weighted by Gasteiger charge is -2.14. The summed E-state index contributed by atoms with van der Waals surface area (Å²) < 4.78 is 0. The average molecular weight is 306 g/mol. The third kappa shape index (κ3) is 3.93. The summed E-state index contributed by atoms with van der Waals surface area (Å²) in [6, 6.07) is 7.61. The van der Waals surface area contributed by atoms with Crippen LogP contribution in [0.1, 0.15) is 11.1 Å². The maximum Gasteiger partial charge on any atom is 0.241 e. The molecule has 4 N–H and O–H groups in total. The molecule has 110 valence electrons. The molecule has 1 atom stereocenters. The van der Waals surface area contributed by atoms with Gasteiger partial charge in [-0.1, -0.05) is 23.7 Å². The Bertz CT molecular complexity index is 624. The van der Waals surface area contributed by atoms with Gasteiger partial charge in [-0.05, 0) is 42.7 Å². The summed E-state index contributed by atoms with van der Waals surface area (Å²) in [5.41, 5.74) is 8.06. The van der Waals surface area contributed by atoms with Crippen LogP contribution in [0.15, 0.2) is 36.5 Å². The van der Waals surface area contributed by atoms with Crippen molar-refractivity contribution in [3.8, 4) is 5.75 Å². The predicted molar refractivity (Wildman–Crippen MR) is 82.4 cm³/mol. The monoisotopic (exact) mass is 305 g/mol. The zero-order valence-electron chi connectivity index (χ0n) is 11.5. The maximum atomic E-state index is 12.1. The van der Waals surface area contributed by atoms with E-state index in [4.69, 9.17) is 17.3 Å². The number of aryl methyl sites for hydroxylation is 1. The summed E-state index contributed by atoms with van der Waals surface area (Å²) in [5, 5.41) is 12.2. The second-order valence-corrected chi connectivity index (χ2v) is 5.12.